The summed E-state index contributed by atoms with van der Waals surface area (Å²) < 4.78 is 41.1. The second kappa shape index (κ2) is 12.9. The largest absolute Gasteiger partial charge is 0.481 e. The molecular formula is C26H30ClF3N2O3. The highest BCUT2D eigenvalue weighted by Crippen LogP contribution is 2.41. The molecule has 0 bridgehead atoms. The molecule has 5 nitrogen and oxygen atoms in total. The van der Waals surface area contributed by atoms with E-state index in [2.05, 4.69) is 10.5 Å². The lowest BCUT2D eigenvalue weighted by Gasteiger charge is -2.25. The third-order valence-corrected chi connectivity index (χ3v) is 6.48. The van der Waals surface area contributed by atoms with Crippen LogP contribution in [0.25, 0.3) is 0 Å². The predicted molar refractivity (Wildman–Crippen MR) is 130 cm³/mol. The number of rotatable bonds is 11. The number of hydrogen-bond donors (Lipinski definition) is 2. The van der Waals surface area contributed by atoms with Crippen LogP contribution in [0.1, 0.15) is 72.3 Å². The Labute approximate surface area is 208 Å². The molecule has 190 valence electrons. The number of nitrogens with zero attached hydrogens (tertiary/aromatic N) is 1. The zero-order valence-electron chi connectivity index (χ0n) is 19.4. The second-order valence-corrected chi connectivity index (χ2v) is 9.17. The molecule has 1 fully saturated rings. The number of carboxylic acids is 1. The van der Waals surface area contributed by atoms with E-state index in [1.54, 1.807) is 18.2 Å². The van der Waals surface area contributed by atoms with Gasteiger partial charge in [0.2, 0.25) is 0 Å². The molecule has 1 aliphatic rings. The third kappa shape index (κ3) is 8.54. The van der Waals surface area contributed by atoms with Crippen LogP contribution >= 0.6 is 11.6 Å². The summed E-state index contributed by atoms with van der Waals surface area (Å²) in [5, 5.41) is 16.1. The average Bonchev–Trinajstić information content (AvgIpc) is 2.82. The minimum Gasteiger partial charge on any atom is -0.481 e. The van der Waals surface area contributed by atoms with Crippen LogP contribution < -0.4 is 5.32 Å². The first-order valence-electron chi connectivity index (χ1n) is 11.8. The Hall–Kier alpha value is -2.58. The molecule has 0 radical (unpaired) electrons. The number of benzene rings is 2. The standard InChI is InChI=1S/C26H30ClF3N2O3/c27-24-15-18(6-8-21(24)16-31-12-11-25(33)34)10-13-32-35-17-19-7-9-22(20-4-2-1-3-5-20)23(14-19)26(28,29)30/h6-9,13-15,20,31H,1-5,10-12,16-17H2,(H,33,34). The highest BCUT2D eigenvalue weighted by Gasteiger charge is 2.35. The zero-order valence-corrected chi connectivity index (χ0v) is 20.2. The highest BCUT2D eigenvalue weighted by atomic mass is 35.5. The predicted octanol–water partition coefficient (Wildman–Crippen LogP) is 6.72. The van der Waals surface area contributed by atoms with Crippen LogP contribution in [0.2, 0.25) is 5.02 Å². The van der Waals surface area contributed by atoms with Gasteiger partial charge in [-0.2, -0.15) is 13.2 Å². The summed E-state index contributed by atoms with van der Waals surface area (Å²) in [4.78, 5) is 15.8. The number of hydrogen-bond acceptors (Lipinski definition) is 4. The van der Waals surface area contributed by atoms with Gasteiger partial charge >= 0.3 is 12.1 Å². The van der Waals surface area contributed by atoms with Crippen molar-refractivity contribution in [1.29, 1.82) is 0 Å². The maximum absolute atomic E-state index is 13.7. The SMILES string of the molecule is O=C(O)CCNCc1ccc(CC=NOCc2ccc(C3CCCCC3)c(C(F)(F)F)c2)cc1Cl. The van der Waals surface area contributed by atoms with Gasteiger partial charge in [0.1, 0.15) is 6.61 Å². The number of carbonyl (C=O) groups is 1. The summed E-state index contributed by atoms with van der Waals surface area (Å²) >= 11 is 6.29. The van der Waals surface area contributed by atoms with Crippen molar-refractivity contribution >= 4 is 23.8 Å². The van der Waals surface area contributed by atoms with E-state index in [0.29, 0.717) is 35.7 Å². The van der Waals surface area contributed by atoms with E-state index in [-0.39, 0.29) is 18.9 Å². The van der Waals surface area contributed by atoms with Crippen molar-refractivity contribution in [2.24, 2.45) is 5.16 Å². The van der Waals surface area contributed by atoms with E-state index < -0.39 is 17.7 Å². The van der Waals surface area contributed by atoms with E-state index in [9.17, 15) is 18.0 Å². The molecule has 9 heteroatoms. The molecule has 1 aliphatic carbocycles. The van der Waals surface area contributed by atoms with Crippen molar-refractivity contribution in [2.75, 3.05) is 6.54 Å². The molecule has 0 saturated heterocycles. The topological polar surface area (TPSA) is 70.9 Å². The van der Waals surface area contributed by atoms with E-state index in [4.69, 9.17) is 21.5 Å². The molecule has 0 spiro atoms. The van der Waals surface area contributed by atoms with Crippen LogP contribution in [0, 0.1) is 0 Å². The van der Waals surface area contributed by atoms with Crippen LogP contribution in [0.5, 0.6) is 0 Å². The monoisotopic (exact) mass is 510 g/mol. The van der Waals surface area contributed by atoms with E-state index in [1.165, 1.54) is 12.3 Å². The van der Waals surface area contributed by atoms with Crippen molar-refractivity contribution in [3.63, 3.8) is 0 Å². The fraction of sp³-hybridized carbons (Fsp3) is 0.462. The molecule has 0 unspecified atom stereocenters. The fourth-order valence-electron chi connectivity index (χ4n) is 4.30. The summed E-state index contributed by atoms with van der Waals surface area (Å²) in [6, 6.07) is 10.0. The Kier molecular flexibility index (Phi) is 9.98. The van der Waals surface area contributed by atoms with Gasteiger partial charge in [-0.05, 0) is 53.1 Å². The molecule has 2 aromatic rings. The molecule has 0 atom stereocenters. The quantitative estimate of drug-likeness (QED) is 0.200. The first-order valence-corrected chi connectivity index (χ1v) is 12.2. The Morgan fingerprint density at radius 3 is 2.57 bits per heavy atom. The number of carboxylic acid groups (broad SMARTS) is 1. The van der Waals surface area contributed by atoms with E-state index >= 15 is 0 Å². The first-order chi connectivity index (χ1) is 16.7. The molecular weight excluding hydrogens is 481 g/mol. The minimum absolute atomic E-state index is 0.0351. The third-order valence-electron chi connectivity index (χ3n) is 6.12. The van der Waals surface area contributed by atoms with Gasteiger partial charge in [0.15, 0.2) is 0 Å². The number of oxime groups is 1. The lowest BCUT2D eigenvalue weighted by Crippen LogP contribution is -2.17. The molecule has 0 aliphatic heterocycles. The van der Waals surface area contributed by atoms with Gasteiger partial charge in [-0.3, -0.25) is 4.79 Å². The highest BCUT2D eigenvalue weighted by molar-refractivity contribution is 6.31. The van der Waals surface area contributed by atoms with Crippen molar-refractivity contribution in [3.05, 3.63) is 69.2 Å². The maximum atomic E-state index is 13.7. The maximum Gasteiger partial charge on any atom is 0.416 e. The summed E-state index contributed by atoms with van der Waals surface area (Å²) in [5.74, 6) is -0.898. The van der Waals surface area contributed by atoms with Crippen LogP contribution in [-0.4, -0.2) is 23.8 Å². The van der Waals surface area contributed by atoms with E-state index in [0.717, 1.165) is 43.2 Å². The van der Waals surface area contributed by atoms with Crippen LogP contribution in [0.3, 0.4) is 0 Å². The van der Waals surface area contributed by atoms with Crippen LogP contribution in [0.4, 0.5) is 13.2 Å². The number of alkyl halides is 3. The van der Waals surface area contributed by atoms with Gasteiger partial charge in [-0.15, -0.1) is 0 Å². The van der Waals surface area contributed by atoms with Crippen molar-refractivity contribution in [1.82, 2.24) is 5.32 Å². The normalized spacial score (nSPS) is 15.0. The van der Waals surface area contributed by atoms with Crippen molar-refractivity contribution in [2.45, 2.75) is 70.2 Å². The average molecular weight is 511 g/mol. The molecule has 2 N–H and O–H groups in total. The lowest BCUT2D eigenvalue weighted by atomic mass is 9.81. The molecule has 1 saturated carbocycles. The van der Waals surface area contributed by atoms with Gasteiger partial charge in [0.05, 0.1) is 12.0 Å². The molecule has 2 aromatic carbocycles. The molecule has 0 heterocycles. The van der Waals surface area contributed by atoms with Crippen molar-refractivity contribution < 1.29 is 27.9 Å². The number of aliphatic carboxylic acids is 1. The fourth-order valence-corrected chi connectivity index (χ4v) is 4.56. The zero-order chi connectivity index (χ0) is 25.3. The lowest BCUT2D eigenvalue weighted by molar-refractivity contribution is -0.139. The first kappa shape index (κ1) is 27.0. The molecule has 35 heavy (non-hydrogen) atoms. The Bertz CT molecular complexity index is 1020. The summed E-state index contributed by atoms with van der Waals surface area (Å²) in [6.07, 6.45) is 2.25. The molecule has 0 aromatic heterocycles. The number of nitrogens with one attached hydrogen (secondary N) is 1. The smallest absolute Gasteiger partial charge is 0.416 e. The van der Waals surface area contributed by atoms with Crippen molar-refractivity contribution in [3.8, 4) is 0 Å². The Morgan fingerprint density at radius 1 is 1.14 bits per heavy atom. The molecule has 0 amide bonds. The Morgan fingerprint density at radius 2 is 1.89 bits per heavy atom. The van der Waals surface area contributed by atoms with Crippen LogP contribution in [0.15, 0.2) is 41.6 Å². The van der Waals surface area contributed by atoms with Gasteiger partial charge < -0.3 is 15.3 Å². The van der Waals surface area contributed by atoms with E-state index in [1.807, 2.05) is 12.1 Å². The summed E-state index contributed by atoms with van der Waals surface area (Å²) in [7, 11) is 0. The minimum atomic E-state index is -4.40. The summed E-state index contributed by atoms with van der Waals surface area (Å²) in [5.41, 5.74) is 2.00. The molecule has 3 rings (SSSR count). The number of halogens is 4. The summed E-state index contributed by atoms with van der Waals surface area (Å²) in [6.45, 7) is 0.764. The van der Waals surface area contributed by atoms with Gasteiger partial charge in [-0.25, -0.2) is 0 Å². The van der Waals surface area contributed by atoms with Gasteiger partial charge in [0, 0.05) is 30.7 Å². The van der Waals surface area contributed by atoms with Gasteiger partial charge in [-0.1, -0.05) is 60.3 Å². The van der Waals surface area contributed by atoms with Gasteiger partial charge in [0.25, 0.3) is 0 Å². The second-order valence-electron chi connectivity index (χ2n) is 8.77. The van der Waals surface area contributed by atoms with Crippen LogP contribution in [-0.2, 0) is 35.4 Å². The Balaban J connectivity index is 1.51.